The van der Waals surface area contributed by atoms with E-state index in [-0.39, 0.29) is 11.8 Å². The third-order valence-electron chi connectivity index (χ3n) is 4.21. The molecule has 2 aromatic carbocycles. The molecule has 2 amide bonds. The van der Waals surface area contributed by atoms with Crippen LogP contribution in [0.1, 0.15) is 27.0 Å². The molecule has 0 fully saturated rings. The third-order valence-corrected chi connectivity index (χ3v) is 6.14. The fourth-order valence-electron chi connectivity index (χ4n) is 2.79. The highest BCUT2D eigenvalue weighted by Crippen LogP contribution is 2.29. The molecular weight excluding hydrogens is 390 g/mol. The summed E-state index contributed by atoms with van der Waals surface area (Å²) in [5.41, 5.74) is 2.09. The van der Waals surface area contributed by atoms with E-state index in [1.165, 1.54) is 22.7 Å². The van der Waals surface area contributed by atoms with E-state index in [2.05, 4.69) is 10.3 Å². The van der Waals surface area contributed by atoms with Gasteiger partial charge in [-0.1, -0.05) is 29.5 Å². The minimum absolute atomic E-state index is 0.113. The van der Waals surface area contributed by atoms with Crippen LogP contribution in [0.3, 0.4) is 0 Å². The molecule has 0 atom stereocenters. The normalized spacial score (nSPS) is 10.8. The summed E-state index contributed by atoms with van der Waals surface area (Å²) in [5, 5.41) is 5.38. The molecule has 5 nitrogen and oxygen atoms in total. The maximum Gasteiger partial charge on any atom is 0.265 e. The van der Waals surface area contributed by atoms with Gasteiger partial charge >= 0.3 is 0 Å². The monoisotopic (exact) mass is 407 g/mol. The molecular formula is C21H17N3O2S2. The van der Waals surface area contributed by atoms with E-state index in [0.717, 1.165) is 10.2 Å². The van der Waals surface area contributed by atoms with Gasteiger partial charge in [-0.2, -0.15) is 0 Å². The van der Waals surface area contributed by atoms with Crippen LogP contribution in [0.25, 0.3) is 10.2 Å². The van der Waals surface area contributed by atoms with Crippen molar-refractivity contribution in [2.45, 2.75) is 6.92 Å². The van der Waals surface area contributed by atoms with Crippen molar-refractivity contribution in [3.05, 3.63) is 76.5 Å². The number of thiazole rings is 1. The van der Waals surface area contributed by atoms with Crippen LogP contribution < -0.4 is 10.2 Å². The summed E-state index contributed by atoms with van der Waals surface area (Å²) < 4.78 is 1.05. The Balaban J connectivity index is 1.52. The molecule has 140 valence electrons. The summed E-state index contributed by atoms with van der Waals surface area (Å²) in [5.74, 6) is -0.267. The Bertz CT molecular complexity index is 1090. The van der Waals surface area contributed by atoms with Crippen molar-refractivity contribution in [3.63, 3.8) is 0 Å². The van der Waals surface area contributed by atoms with Crippen LogP contribution in [0.2, 0.25) is 0 Å². The van der Waals surface area contributed by atoms with E-state index in [1.54, 1.807) is 35.2 Å². The second-order valence-corrected chi connectivity index (χ2v) is 7.98. The number of hydrogen-bond acceptors (Lipinski definition) is 5. The first kappa shape index (κ1) is 18.3. The average molecular weight is 408 g/mol. The van der Waals surface area contributed by atoms with Crippen LogP contribution in [0, 0.1) is 0 Å². The molecule has 7 heteroatoms. The van der Waals surface area contributed by atoms with E-state index < -0.39 is 0 Å². The minimum atomic E-state index is -0.154. The lowest BCUT2D eigenvalue weighted by Gasteiger charge is -2.17. The summed E-state index contributed by atoms with van der Waals surface area (Å²) in [7, 11) is 0. The Hall–Kier alpha value is -3.03. The van der Waals surface area contributed by atoms with Crippen LogP contribution in [0.5, 0.6) is 0 Å². The molecule has 0 aliphatic carbocycles. The molecule has 0 unspecified atom stereocenters. The number of thiophene rings is 1. The molecule has 0 spiro atoms. The molecule has 0 bridgehead atoms. The lowest BCUT2D eigenvalue weighted by Crippen LogP contribution is -2.30. The Morgan fingerprint density at radius 3 is 2.50 bits per heavy atom. The minimum Gasteiger partial charge on any atom is -0.321 e. The Morgan fingerprint density at radius 2 is 1.82 bits per heavy atom. The number of fused-ring (bicyclic) bond motifs is 1. The molecule has 28 heavy (non-hydrogen) atoms. The van der Waals surface area contributed by atoms with E-state index >= 15 is 0 Å². The number of benzene rings is 2. The maximum atomic E-state index is 13.0. The Kier molecular flexibility index (Phi) is 5.18. The average Bonchev–Trinajstić information content (AvgIpc) is 3.39. The van der Waals surface area contributed by atoms with E-state index in [9.17, 15) is 9.59 Å². The van der Waals surface area contributed by atoms with E-state index in [4.69, 9.17) is 0 Å². The highest BCUT2D eigenvalue weighted by atomic mass is 32.1. The van der Waals surface area contributed by atoms with Crippen LogP contribution in [-0.4, -0.2) is 23.3 Å². The lowest BCUT2D eigenvalue weighted by molar-refractivity contribution is 0.0987. The van der Waals surface area contributed by atoms with Crippen molar-refractivity contribution in [1.29, 1.82) is 0 Å². The smallest absolute Gasteiger partial charge is 0.265 e. The highest BCUT2D eigenvalue weighted by molar-refractivity contribution is 7.22. The van der Waals surface area contributed by atoms with Crippen molar-refractivity contribution in [2.75, 3.05) is 16.8 Å². The largest absolute Gasteiger partial charge is 0.321 e. The molecule has 2 heterocycles. The molecule has 4 rings (SSSR count). The van der Waals surface area contributed by atoms with Gasteiger partial charge in [0.05, 0.1) is 15.1 Å². The van der Waals surface area contributed by atoms with Crippen LogP contribution in [-0.2, 0) is 0 Å². The molecule has 1 N–H and O–H groups in total. The first-order valence-corrected chi connectivity index (χ1v) is 10.5. The standard InChI is InChI=1S/C21H17N3O2S2/c1-2-24(21-23-16-6-3-4-7-17(16)28-21)20(26)14-9-11-15(12-10-14)22-19(25)18-8-5-13-27-18/h3-13H,2H2,1H3,(H,22,25). The number of amides is 2. The predicted molar refractivity (Wildman–Crippen MR) is 116 cm³/mol. The summed E-state index contributed by atoms with van der Waals surface area (Å²) in [4.78, 5) is 32.0. The van der Waals surface area contributed by atoms with Gasteiger partial charge in [0.25, 0.3) is 11.8 Å². The van der Waals surface area contributed by atoms with Gasteiger partial charge in [-0.15, -0.1) is 11.3 Å². The number of nitrogens with zero attached hydrogens (tertiary/aromatic N) is 2. The quantitative estimate of drug-likeness (QED) is 0.490. The zero-order valence-electron chi connectivity index (χ0n) is 15.1. The highest BCUT2D eigenvalue weighted by Gasteiger charge is 2.19. The fourth-order valence-corrected chi connectivity index (χ4v) is 4.44. The van der Waals surface area contributed by atoms with Gasteiger partial charge in [-0.25, -0.2) is 4.98 Å². The first-order valence-electron chi connectivity index (χ1n) is 8.78. The van der Waals surface area contributed by atoms with Gasteiger partial charge in [-0.05, 0) is 54.8 Å². The summed E-state index contributed by atoms with van der Waals surface area (Å²) in [6.07, 6.45) is 0. The zero-order chi connectivity index (χ0) is 19.5. The second-order valence-electron chi connectivity index (χ2n) is 6.02. The van der Waals surface area contributed by atoms with Crippen molar-refractivity contribution >= 4 is 55.5 Å². The fraction of sp³-hybridized carbons (Fsp3) is 0.0952. The SMILES string of the molecule is CCN(C(=O)c1ccc(NC(=O)c2cccs2)cc1)c1nc2ccccc2s1. The van der Waals surface area contributed by atoms with Crippen molar-refractivity contribution in [3.8, 4) is 0 Å². The van der Waals surface area contributed by atoms with Gasteiger partial charge in [0, 0.05) is 17.8 Å². The summed E-state index contributed by atoms with van der Waals surface area (Å²) >= 11 is 2.89. The lowest BCUT2D eigenvalue weighted by atomic mass is 10.2. The van der Waals surface area contributed by atoms with Crippen molar-refractivity contribution in [1.82, 2.24) is 4.98 Å². The maximum absolute atomic E-state index is 13.0. The molecule has 0 aliphatic rings. The molecule has 0 radical (unpaired) electrons. The molecule has 0 saturated carbocycles. The Labute approximate surface area is 170 Å². The second kappa shape index (κ2) is 7.92. The Morgan fingerprint density at radius 1 is 1.04 bits per heavy atom. The van der Waals surface area contributed by atoms with E-state index in [1.807, 2.05) is 42.6 Å². The van der Waals surface area contributed by atoms with Gasteiger partial charge in [0.2, 0.25) is 0 Å². The molecule has 2 aromatic heterocycles. The van der Waals surface area contributed by atoms with Gasteiger partial charge in [-0.3, -0.25) is 14.5 Å². The predicted octanol–water partition coefficient (Wildman–Crippen LogP) is 5.28. The van der Waals surface area contributed by atoms with Gasteiger partial charge in [0.1, 0.15) is 0 Å². The van der Waals surface area contributed by atoms with Crippen LogP contribution >= 0.6 is 22.7 Å². The number of nitrogens with one attached hydrogen (secondary N) is 1. The first-order chi connectivity index (χ1) is 13.7. The number of carbonyl (C=O) groups is 2. The zero-order valence-corrected chi connectivity index (χ0v) is 16.7. The van der Waals surface area contributed by atoms with Crippen molar-refractivity contribution in [2.24, 2.45) is 0 Å². The van der Waals surface area contributed by atoms with Crippen LogP contribution in [0.4, 0.5) is 10.8 Å². The number of rotatable bonds is 5. The third kappa shape index (κ3) is 3.67. The topological polar surface area (TPSA) is 62.3 Å². The summed E-state index contributed by atoms with van der Waals surface area (Å²) in [6, 6.07) is 18.4. The van der Waals surface area contributed by atoms with Crippen LogP contribution in [0.15, 0.2) is 66.0 Å². The number of carbonyl (C=O) groups excluding carboxylic acids is 2. The molecule has 0 saturated heterocycles. The van der Waals surface area contributed by atoms with Gasteiger partial charge < -0.3 is 5.32 Å². The molecule has 0 aliphatic heterocycles. The van der Waals surface area contributed by atoms with E-state index in [0.29, 0.717) is 27.8 Å². The number of para-hydroxylation sites is 1. The number of anilines is 2. The number of hydrogen-bond donors (Lipinski definition) is 1. The van der Waals surface area contributed by atoms with Crippen molar-refractivity contribution < 1.29 is 9.59 Å². The van der Waals surface area contributed by atoms with Gasteiger partial charge in [0.15, 0.2) is 5.13 Å². The number of aromatic nitrogens is 1. The summed E-state index contributed by atoms with van der Waals surface area (Å²) in [6.45, 7) is 2.45. The molecule has 4 aromatic rings.